The molecule has 0 bridgehead atoms. The first-order valence-electron chi connectivity index (χ1n) is 5.01. The van der Waals surface area contributed by atoms with Gasteiger partial charge in [-0.15, -0.1) is 0 Å². The summed E-state index contributed by atoms with van der Waals surface area (Å²) in [7, 11) is 0. The zero-order valence-corrected chi connectivity index (χ0v) is 8.68. The SMILES string of the molecule is NC(Cc1cccc(F)c1)c1cnccn1. The van der Waals surface area contributed by atoms with Gasteiger partial charge in [-0.1, -0.05) is 12.1 Å². The maximum Gasteiger partial charge on any atom is 0.123 e. The second kappa shape index (κ2) is 4.81. The molecule has 2 N–H and O–H groups in total. The highest BCUT2D eigenvalue weighted by Gasteiger charge is 2.08. The second-order valence-corrected chi connectivity index (χ2v) is 3.57. The van der Waals surface area contributed by atoms with Gasteiger partial charge in [0.15, 0.2) is 0 Å². The van der Waals surface area contributed by atoms with Crippen molar-refractivity contribution in [2.24, 2.45) is 5.73 Å². The molecule has 0 saturated carbocycles. The summed E-state index contributed by atoms with van der Waals surface area (Å²) in [5, 5.41) is 0. The standard InChI is InChI=1S/C12H12FN3/c13-10-3-1-2-9(6-10)7-11(14)12-8-15-4-5-16-12/h1-6,8,11H,7,14H2. The predicted molar refractivity (Wildman–Crippen MR) is 59.1 cm³/mol. The van der Waals surface area contributed by atoms with Crippen molar-refractivity contribution >= 4 is 0 Å². The lowest BCUT2D eigenvalue weighted by Gasteiger charge is -2.10. The quantitative estimate of drug-likeness (QED) is 0.853. The van der Waals surface area contributed by atoms with Crippen LogP contribution in [0.15, 0.2) is 42.9 Å². The van der Waals surface area contributed by atoms with Crippen LogP contribution in [0.3, 0.4) is 0 Å². The number of aromatic nitrogens is 2. The molecule has 1 aromatic carbocycles. The topological polar surface area (TPSA) is 51.8 Å². The lowest BCUT2D eigenvalue weighted by Crippen LogP contribution is -2.15. The van der Waals surface area contributed by atoms with Crippen molar-refractivity contribution in [3.63, 3.8) is 0 Å². The summed E-state index contributed by atoms with van der Waals surface area (Å²) in [4.78, 5) is 8.06. The maximum absolute atomic E-state index is 13.0. The van der Waals surface area contributed by atoms with Crippen molar-refractivity contribution < 1.29 is 4.39 Å². The minimum absolute atomic E-state index is 0.246. The normalized spacial score (nSPS) is 12.4. The van der Waals surface area contributed by atoms with Crippen LogP contribution in [0.1, 0.15) is 17.3 Å². The monoisotopic (exact) mass is 217 g/mol. The van der Waals surface area contributed by atoms with Crippen molar-refractivity contribution in [3.8, 4) is 0 Å². The summed E-state index contributed by atoms with van der Waals surface area (Å²) >= 11 is 0. The minimum Gasteiger partial charge on any atom is -0.322 e. The van der Waals surface area contributed by atoms with Crippen LogP contribution in [0, 0.1) is 5.82 Å². The van der Waals surface area contributed by atoms with E-state index in [2.05, 4.69) is 9.97 Å². The molecule has 0 fully saturated rings. The van der Waals surface area contributed by atoms with Crippen molar-refractivity contribution in [1.29, 1.82) is 0 Å². The zero-order valence-electron chi connectivity index (χ0n) is 8.68. The minimum atomic E-state index is -0.254. The van der Waals surface area contributed by atoms with Gasteiger partial charge in [0.2, 0.25) is 0 Å². The Balaban J connectivity index is 2.11. The smallest absolute Gasteiger partial charge is 0.123 e. The molecule has 3 nitrogen and oxygen atoms in total. The Morgan fingerprint density at radius 2 is 2.19 bits per heavy atom. The molecule has 1 atom stereocenters. The van der Waals surface area contributed by atoms with Crippen molar-refractivity contribution in [1.82, 2.24) is 9.97 Å². The van der Waals surface area contributed by atoms with E-state index >= 15 is 0 Å². The predicted octanol–water partition coefficient (Wildman–Crippen LogP) is 1.86. The van der Waals surface area contributed by atoms with Crippen LogP contribution in [0.4, 0.5) is 4.39 Å². The van der Waals surface area contributed by atoms with Crippen LogP contribution in [0.2, 0.25) is 0 Å². The van der Waals surface area contributed by atoms with E-state index in [0.717, 1.165) is 5.56 Å². The molecule has 2 rings (SSSR count). The maximum atomic E-state index is 13.0. The molecule has 0 aliphatic carbocycles. The molecule has 0 saturated heterocycles. The highest BCUT2D eigenvalue weighted by Crippen LogP contribution is 2.13. The van der Waals surface area contributed by atoms with Crippen LogP contribution in [0.25, 0.3) is 0 Å². The number of nitrogens with two attached hydrogens (primary N) is 1. The number of halogens is 1. The molecule has 0 radical (unpaired) electrons. The summed E-state index contributed by atoms with van der Waals surface area (Å²) in [6.07, 6.45) is 5.37. The largest absolute Gasteiger partial charge is 0.322 e. The van der Waals surface area contributed by atoms with Gasteiger partial charge in [-0.25, -0.2) is 4.39 Å². The third-order valence-corrected chi connectivity index (χ3v) is 2.31. The van der Waals surface area contributed by atoms with Gasteiger partial charge in [0, 0.05) is 18.6 Å². The Morgan fingerprint density at radius 1 is 1.31 bits per heavy atom. The van der Waals surface area contributed by atoms with E-state index in [9.17, 15) is 4.39 Å². The number of benzene rings is 1. The van der Waals surface area contributed by atoms with Crippen molar-refractivity contribution in [3.05, 3.63) is 59.9 Å². The van der Waals surface area contributed by atoms with E-state index in [1.807, 2.05) is 6.07 Å². The van der Waals surface area contributed by atoms with Crippen molar-refractivity contribution in [2.45, 2.75) is 12.5 Å². The first-order valence-corrected chi connectivity index (χ1v) is 5.01. The molecule has 16 heavy (non-hydrogen) atoms. The summed E-state index contributed by atoms with van der Waals surface area (Å²) < 4.78 is 13.0. The highest BCUT2D eigenvalue weighted by atomic mass is 19.1. The molecule has 0 aliphatic rings. The van der Waals surface area contributed by atoms with Crippen LogP contribution >= 0.6 is 0 Å². The third-order valence-electron chi connectivity index (χ3n) is 2.31. The fourth-order valence-corrected chi connectivity index (χ4v) is 1.52. The van der Waals surface area contributed by atoms with Gasteiger partial charge in [-0.3, -0.25) is 9.97 Å². The number of nitrogens with zero attached hydrogens (tertiary/aromatic N) is 2. The molecule has 4 heteroatoms. The van der Waals surface area contributed by atoms with Gasteiger partial charge in [0.25, 0.3) is 0 Å². The van der Waals surface area contributed by atoms with Crippen LogP contribution in [-0.2, 0) is 6.42 Å². The molecule has 82 valence electrons. The first kappa shape index (κ1) is 10.7. The Morgan fingerprint density at radius 3 is 2.88 bits per heavy atom. The summed E-state index contributed by atoms with van der Waals surface area (Å²) in [6.45, 7) is 0. The molecule has 0 spiro atoms. The summed E-state index contributed by atoms with van der Waals surface area (Å²) in [6, 6.07) is 6.16. The number of hydrogen-bond donors (Lipinski definition) is 1. The average Bonchev–Trinajstić information content (AvgIpc) is 2.30. The molecule has 1 aromatic heterocycles. The Labute approximate surface area is 93.2 Å². The van der Waals surface area contributed by atoms with Crippen LogP contribution < -0.4 is 5.73 Å². The van der Waals surface area contributed by atoms with Gasteiger partial charge >= 0.3 is 0 Å². The van der Waals surface area contributed by atoms with Gasteiger partial charge in [-0.2, -0.15) is 0 Å². The molecular weight excluding hydrogens is 205 g/mol. The lowest BCUT2D eigenvalue weighted by molar-refractivity contribution is 0.620. The van der Waals surface area contributed by atoms with Gasteiger partial charge < -0.3 is 5.73 Å². The lowest BCUT2D eigenvalue weighted by atomic mass is 10.0. The molecular formula is C12H12FN3. The zero-order chi connectivity index (χ0) is 11.4. The molecule has 1 unspecified atom stereocenters. The third kappa shape index (κ3) is 2.61. The average molecular weight is 217 g/mol. The van der Waals surface area contributed by atoms with Gasteiger partial charge in [0.05, 0.1) is 11.7 Å². The second-order valence-electron chi connectivity index (χ2n) is 3.57. The summed E-state index contributed by atoms with van der Waals surface area (Å²) in [5.74, 6) is -0.246. The van der Waals surface area contributed by atoms with Crippen LogP contribution in [0.5, 0.6) is 0 Å². The van der Waals surface area contributed by atoms with Crippen LogP contribution in [-0.4, -0.2) is 9.97 Å². The highest BCUT2D eigenvalue weighted by molar-refractivity contribution is 5.19. The molecule has 0 aliphatic heterocycles. The van der Waals surface area contributed by atoms with E-state index in [1.54, 1.807) is 24.7 Å². The molecule has 0 amide bonds. The number of hydrogen-bond acceptors (Lipinski definition) is 3. The molecule has 2 aromatic rings. The Hall–Kier alpha value is -1.81. The van der Waals surface area contributed by atoms with E-state index in [-0.39, 0.29) is 11.9 Å². The van der Waals surface area contributed by atoms with Gasteiger partial charge in [-0.05, 0) is 24.1 Å². The number of rotatable bonds is 3. The summed E-state index contributed by atoms with van der Waals surface area (Å²) in [5.41, 5.74) is 7.53. The first-order chi connectivity index (χ1) is 7.75. The van der Waals surface area contributed by atoms with E-state index in [1.165, 1.54) is 12.1 Å². The fraction of sp³-hybridized carbons (Fsp3) is 0.167. The Kier molecular flexibility index (Phi) is 3.22. The molecule has 1 heterocycles. The van der Waals surface area contributed by atoms with E-state index < -0.39 is 0 Å². The van der Waals surface area contributed by atoms with Crippen molar-refractivity contribution in [2.75, 3.05) is 0 Å². The van der Waals surface area contributed by atoms with E-state index in [0.29, 0.717) is 12.1 Å². The van der Waals surface area contributed by atoms with Gasteiger partial charge in [0.1, 0.15) is 5.82 Å². The Bertz CT molecular complexity index is 459. The fourth-order valence-electron chi connectivity index (χ4n) is 1.52. The van der Waals surface area contributed by atoms with E-state index in [4.69, 9.17) is 5.73 Å².